The van der Waals surface area contributed by atoms with Crippen LogP contribution in [0.3, 0.4) is 0 Å². The molecule has 0 saturated heterocycles. The molecule has 29 heavy (non-hydrogen) atoms. The lowest BCUT2D eigenvalue weighted by molar-refractivity contribution is 0.0949. The predicted octanol–water partition coefficient (Wildman–Crippen LogP) is 2.47. The third-order valence-electron chi connectivity index (χ3n) is 4.55. The zero-order valence-corrected chi connectivity index (χ0v) is 16.4. The molecule has 3 aromatic rings. The second-order valence-corrected chi connectivity index (χ2v) is 6.72. The fraction of sp³-hybridized carbons (Fsp3) is 0.217. The molecular formula is C23H25N3O3. The van der Waals surface area contributed by atoms with Gasteiger partial charge in [-0.2, -0.15) is 0 Å². The maximum Gasteiger partial charge on any atom is 0.294 e. The summed E-state index contributed by atoms with van der Waals surface area (Å²) in [4.78, 5) is 25.9. The second-order valence-electron chi connectivity index (χ2n) is 6.72. The highest BCUT2D eigenvalue weighted by Gasteiger charge is 2.20. The van der Waals surface area contributed by atoms with E-state index in [1.165, 1.54) is 0 Å². The minimum Gasteiger partial charge on any atom is -0.482 e. The molecule has 150 valence electrons. The maximum atomic E-state index is 13.2. The molecule has 0 unspecified atom stereocenters. The number of nitrogens with one attached hydrogen (secondary N) is 1. The van der Waals surface area contributed by atoms with Crippen molar-refractivity contribution in [2.75, 3.05) is 13.1 Å². The van der Waals surface area contributed by atoms with Gasteiger partial charge in [0.2, 0.25) is 0 Å². The molecule has 0 radical (unpaired) electrons. The molecule has 0 atom stereocenters. The first-order valence-corrected chi connectivity index (χ1v) is 9.53. The third-order valence-corrected chi connectivity index (χ3v) is 4.55. The molecule has 6 nitrogen and oxygen atoms in total. The first-order chi connectivity index (χ1) is 14.1. The molecule has 0 aliphatic rings. The van der Waals surface area contributed by atoms with Gasteiger partial charge < -0.3 is 20.4 Å². The van der Waals surface area contributed by atoms with E-state index in [0.717, 1.165) is 11.1 Å². The van der Waals surface area contributed by atoms with Gasteiger partial charge in [0, 0.05) is 18.8 Å². The number of carbonyl (C=O) groups excluding carboxylic acids is 1. The Bertz CT molecular complexity index is 1010. The molecule has 0 fully saturated rings. The zero-order valence-electron chi connectivity index (χ0n) is 16.4. The molecule has 1 amide bonds. The number of amides is 1. The van der Waals surface area contributed by atoms with E-state index < -0.39 is 0 Å². The summed E-state index contributed by atoms with van der Waals surface area (Å²) >= 11 is 0. The number of aromatic nitrogens is 1. The van der Waals surface area contributed by atoms with E-state index in [9.17, 15) is 9.59 Å². The van der Waals surface area contributed by atoms with E-state index in [-0.39, 0.29) is 29.4 Å². The van der Waals surface area contributed by atoms with Crippen molar-refractivity contribution in [1.29, 1.82) is 0 Å². The summed E-state index contributed by atoms with van der Waals surface area (Å²) in [6.45, 7) is 3.05. The van der Waals surface area contributed by atoms with Gasteiger partial charge in [-0.15, -0.1) is 0 Å². The number of carbonyl (C=O) groups is 1. The van der Waals surface area contributed by atoms with E-state index in [1.807, 2.05) is 67.6 Å². The highest BCUT2D eigenvalue weighted by Crippen LogP contribution is 2.18. The lowest BCUT2D eigenvalue weighted by Gasteiger charge is -2.17. The van der Waals surface area contributed by atoms with Crippen molar-refractivity contribution in [3.05, 3.63) is 99.5 Å². The minimum absolute atomic E-state index is 0.0462. The summed E-state index contributed by atoms with van der Waals surface area (Å²) in [5, 5.41) is 2.72. The number of ether oxygens (including phenoxy) is 1. The van der Waals surface area contributed by atoms with Gasteiger partial charge in [0.1, 0.15) is 6.61 Å². The van der Waals surface area contributed by atoms with Crippen LogP contribution in [0.5, 0.6) is 5.75 Å². The van der Waals surface area contributed by atoms with Crippen LogP contribution < -0.4 is 21.3 Å². The van der Waals surface area contributed by atoms with Gasteiger partial charge in [-0.25, -0.2) is 0 Å². The first kappa shape index (κ1) is 20.4. The van der Waals surface area contributed by atoms with Crippen LogP contribution in [0, 0.1) is 6.92 Å². The number of rotatable bonds is 8. The van der Waals surface area contributed by atoms with Crippen molar-refractivity contribution in [3.63, 3.8) is 0 Å². The van der Waals surface area contributed by atoms with Crippen LogP contribution >= 0.6 is 0 Å². The van der Waals surface area contributed by atoms with E-state index in [4.69, 9.17) is 10.5 Å². The standard InChI is InChI=1S/C23H25N3O3/c1-17-14-20(22(27)25-13-12-24)21(29-16-19-10-6-3-7-11-19)23(28)26(17)15-18-8-4-2-5-9-18/h2-11,14H,12-13,15-16,24H2,1H3,(H,25,27). The van der Waals surface area contributed by atoms with E-state index in [0.29, 0.717) is 25.3 Å². The van der Waals surface area contributed by atoms with Crippen molar-refractivity contribution < 1.29 is 9.53 Å². The molecule has 2 aromatic carbocycles. The Morgan fingerprint density at radius 3 is 2.28 bits per heavy atom. The van der Waals surface area contributed by atoms with Crippen molar-refractivity contribution in [1.82, 2.24) is 9.88 Å². The minimum atomic E-state index is -0.370. The summed E-state index contributed by atoms with van der Waals surface area (Å²) in [5.74, 6) is -0.324. The van der Waals surface area contributed by atoms with Gasteiger partial charge in [0.15, 0.2) is 5.75 Å². The molecule has 0 aliphatic heterocycles. The Labute approximate surface area is 169 Å². The lowest BCUT2D eigenvalue weighted by atomic mass is 10.1. The fourth-order valence-corrected chi connectivity index (χ4v) is 3.03. The smallest absolute Gasteiger partial charge is 0.294 e. The lowest BCUT2D eigenvalue weighted by Crippen LogP contribution is -2.33. The normalized spacial score (nSPS) is 10.6. The molecule has 0 aliphatic carbocycles. The van der Waals surface area contributed by atoms with Crippen LogP contribution in [0.2, 0.25) is 0 Å². The van der Waals surface area contributed by atoms with Crippen LogP contribution in [0.15, 0.2) is 71.5 Å². The van der Waals surface area contributed by atoms with E-state index in [2.05, 4.69) is 5.32 Å². The molecule has 0 bridgehead atoms. The summed E-state index contributed by atoms with van der Waals surface area (Å²) in [5.41, 5.74) is 7.97. The molecule has 6 heteroatoms. The Morgan fingerprint density at radius 1 is 1.03 bits per heavy atom. The SMILES string of the molecule is Cc1cc(C(=O)NCCN)c(OCc2ccccc2)c(=O)n1Cc1ccccc1. The molecule has 0 spiro atoms. The van der Waals surface area contributed by atoms with Crippen molar-refractivity contribution in [2.45, 2.75) is 20.1 Å². The number of nitrogens with zero attached hydrogens (tertiary/aromatic N) is 1. The number of benzene rings is 2. The number of pyridine rings is 1. The Morgan fingerprint density at radius 2 is 1.66 bits per heavy atom. The van der Waals surface area contributed by atoms with E-state index >= 15 is 0 Å². The quantitative estimate of drug-likeness (QED) is 0.618. The number of aryl methyl sites for hydroxylation is 1. The first-order valence-electron chi connectivity index (χ1n) is 9.53. The van der Waals surface area contributed by atoms with Crippen molar-refractivity contribution >= 4 is 5.91 Å². The highest BCUT2D eigenvalue weighted by molar-refractivity contribution is 5.96. The van der Waals surface area contributed by atoms with Gasteiger partial charge in [0.05, 0.1) is 12.1 Å². The predicted molar refractivity (Wildman–Crippen MR) is 113 cm³/mol. The summed E-state index contributed by atoms with van der Waals surface area (Å²) in [6, 6.07) is 20.9. The number of hydrogen-bond acceptors (Lipinski definition) is 4. The van der Waals surface area contributed by atoms with Gasteiger partial charge >= 0.3 is 0 Å². The van der Waals surface area contributed by atoms with Gasteiger partial charge in [-0.3, -0.25) is 9.59 Å². The van der Waals surface area contributed by atoms with Crippen LogP contribution in [0.25, 0.3) is 0 Å². The monoisotopic (exact) mass is 391 g/mol. The molecule has 1 heterocycles. The Hall–Kier alpha value is -3.38. The molecular weight excluding hydrogens is 366 g/mol. The Kier molecular flexibility index (Phi) is 6.81. The second kappa shape index (κ2) is 9.71. The van der Waals surface area contributed by atoms with Crippen molar-refractivity contribution in [2.24, 2.45) is 5.73 Å². The molecule has 0 saturated carbocycles. The summed E-state index contributed by atoms with van der Waals surface area (Å²) in [6.07, 6.45) is 0. The average Bonchev–Trinajstić information content (AvgIpc) is 2.75. The zero-order chi connectivity index (χ0) is 20.6. The summed E-state index contributed by atoms with van der Waals surface area (Å²) in [7, 11) is 0. The third kappa shape index (κ3) is 5.12. The largest absolute Gasteiger partial charge is 0.482 e. The molecule has 3 N–H and O–H groups in total. The average molecular weight is 391 g/mol. The number of nitrogens with two attached hydrogens (primary N) is 1. The van der Waals surface area contributed by atoms with Crippen LogP contribution in [0.1, 0.15) is 27.2 Å². The van der Waals surface area contributed by atoms with Gasteiger partial charge in [0.25, 0.3) is 11.5 Å². The van der Waals surface area contributed by atoms with Crippen LogP contribution in [0.4, 0.5) is 0 Å². The van der Waals surface area contributed by atoms with Crippen LogP contribution in [-0.2, 0) is 13.2 Å². The maximum absolute atomic E-state index is 13.2. The molecule has 3 rings (SSSR count). The highest BCUT2D eigenvalue weighted by atomic mass is 16.5. The topological polar surface area (TPSA) is 86.4 Å². The van der Waals surface area contributed by atoms with Crippen LogP contribution in [-0.4, -0.2) is 23.6 Å². The van der Waals surface area contributed by atoms with Gasteiger partial charge in [-0.05, 0) is 24.1 Å². The summed E-state index contributed by atoms with van der Waals surface area (Å²) < 4.78 is 7.48. The Balaban J connectivity index is 1.98. The van der Waals surface area contributed by atoms with Crippen molar-refractivity contribution in [3.8, 4) is 5.75 Å². The van der Waals surface area contributed by atoms with Gasteiger partial charge in [-0.1, -0.05) is 60.7 Å². The van der Waals surface area contributed by atoms with E-state index in [1.54, 1.807) is 10.6 Å². The number of hydrogen-bond donors (Lipinski definition) is 2. The molecule has 1 aromatic heterocycles. The fourth-order valence-electron chi connectivity index (χ4n) is 3.03.